The Balaban J connectivity index is 1.76. The third kappa shape index (κ3) is 3.63. The molecule has 2 N–H and O–H groups in total. The number of aromatic hydroxyl groups is 1. The number of hydrogen-bond donors (Lipinski definition) is 2. The molecule has 0 saturated carbocycles. The van der Waals surface area contributed by atoms with Crippen LogP contribution in [-0.4, -0.2) is 27.6 Å². The van der Waals surface area contributed by atoms with Crippen LogP contribution in [0.2, 0.25) is 0 Å². The molecule has 2 aromatic heterocycles. The molecule has 0 amide bonds. The van der Waals surface area contributed by atoms with Crippen LogP contribution in [0.15, 0.2) is 60.8 Å². The van der Waals surface area contributed by atoms with Crippen molar-refractivity contribution in [2.75, 3.05) is 5.32 Å². The molecule has 2 aromatic carbocycles. The molecule has 2 radical (unpaired) electrons. The molecule has 9 heteroatoms. The van der Waals surface area contributed by atoms with Crippen molar-refractivity contribution in [1.29, 1.82) is 0 Å². The number of para-hydroxylation sites is 1. The number of nitrogens with one attached hydrogen (secondary N) is 1. The van der Waals surface area contributed by atoms with E-state index in [4.69, 9.17) is 7.85 Å². The maximum atomic E-state index is 13.3. The molecule has 0 aliphatic carbocycles. The Kier molecular flexibility index (Phi) is 4.66. The summed E-state index contributed by atoms with van der Waals surface area (Å²) in [5.74, 6) is 0.415. The first-order valence-corrected chi connectivity index (χ1v) is 8.66. The van der Waals surface area contributed by atoms with Crippen LogP contribution in [0.3, 0.4) is 0 Å². The highest BCUT2D eigenvalue weighted by molar-refractivity contribution is 6.36. The van der Waals surface area contributed by atoms with Crippen molar-refractivity contribution >= 4 is 24.8 Å². The van der Waals surface area contributed by atoms with Gasteiger partial charge in [-0.3, -0.25) is 0 Å². The highest BCUT2D eigenvalue weighted by Gasteiger charge is 2.32. The number of alkyl halides is 3. The second-order valence-corrected chi connectivity index (χ2v) is 6.39. The summed E-state index contributed by atoms with van der Waals surface area (Å²) in [5.41, 5.74) is 0.898. The van der Waals surface area contributed by atoms with Crippen LogP contribution >= 0.6 is 0 Å². The highest BCUT2D eigenvalue weighted by atomic mass is 19.4. The van der Waals surface area contributed by atoms with Crippen LogP contribution in [-0.2, 0) is 12.7 Å². The van der Waals surface area contributed by atoms with Gasteiger partial charge in [-0.05, 0) is 29.2 Å². The molecule has 0 aliphatic heterocycles. The third-order valence-corrected chi connectivity index (χ3v) is 4.46. The lowest BCUT2D eigenvalue weighted by molar-refractivity contribution is -0.138. The number of phenolic OH excluding ortho intramolecular Hbond substituents is 1. The van der Waals surface area contributed by atoms with Gasteiger partial charge in [-0.1, -0.05) is 30.3 Å². The predicted octanol–water partition coefficient (Wildman–Crippen LogP) is 3.53. The number of fused-ring (bicyclic) bond motifs is 1. The molecule has 2 heterocycles. The second kappa shape index (κ2) is 7.16. The Labute approximate surface area is 165 Å². The Hall–Kier alpha value is -3.49. The van der Waals surface area contributed by atoms with Gasteiger partial charge in [-0.15, -0.1) is 0 Å². The average Bonchev–Trinajstić information content (AvgIpc) is 3.07. The Morgan fingerprint density at radius 3 is 2.55 bits per heavy atom. The van der Waals surface area contributed by atoms with Gasteiger partial charge < -0.3 is 10.4 Å². The van der Waals surface area contributed by atoms with Crippen LogP contribution < -0.4 is 10.8 Å². The summed E-state index contributed by atoms with van der Waals surface area (Å²) in [7, 11) is 5.93. The zero-order valence-corrected chi connectivity index (χ0v) is 15.0. The van der Waals surface area contributed by atoms with Crippen LogP contribution in [0, 0.1) is 0 Å². The van der Waals surface area contributed by atoms with E-state index in [1.807, 2.05) is 0 Å². The van der Waals surface area contributed by atoms with Crippen molar-refractivity contribution < 1.29 is 18.3 Å². The van der Waals surface area contributed by atoms with E-state index in [2.05, 4.69) is 15.4 Å². The fourth-order valence-electron chi connectivity index (χ4n) is 3.07. The summed E-state index contributed by atoms with van der Waals surface area (Å²) in [6, 6.07) is 13.6. The second-order valence-electron chi connectivity index (χ2n) is 6.39. The first kappa shape index (κ1) is 18.9. The van der Waals surface area contributed by atoms with Gasteiger partial charge in [0.2, 0.25) is 0 Å². The van der Waals surface area contributed by atoms with E-state index in [1.54, 1.807) is 30.3 Å². The molecular formula is C20H14BF3N4O. The van der Waals surface area contributed by atoms with Crippen molar-refractivity contribution in [2.45, 2.75) is 12.7 Å². The minimum absolute atomic E-state index is 0.0239. The third-order valence-electron chi connectivity index (χ3n) is 4.46. The van der Waals surface area contributed by atoms with Crippen LogP contribution in [0.5, 0.6) is 5.75 Å². The normalized spacial score (nSPS) is 11.7. The Morgan fingerprint density at radius 1 is 1.07 bits per heavy atom. The van der Waals surface area contributed by atoms with E-state index >= 15 is 0 Å². The predicted molar refractivity (Wildman–Crippen MR) is 104 cm³/mol. The van der Waals surface area contributed by atoms with Crippen molar-refractivity contribution in [3.05, 3.63) is 71.9 Å². The van der Waals surface area contributed by atoms with E-state index in [0.29, 0.717) is 28.2 Å². The fourth-order valence-corrected chi connectivity index (χ4v) is 3.07. The quantitative estimate of drug-likeness (QED) is 0.520. The molecular weight excluding hydrogens is 380 g/mol. The minimum atomic E-state index is -4.46. The summed E-state index contributed by atoms with van der Waals surface area (Å²) >= 11 is 0. The van der Waals surface area contributed by atoms with E-state index in [-0.39, 0.29) is 17.9 Å². The standard InChI is InChI=1S/C20H14BF3N4O/c21-15-11-26-28-18(25-10-12-5-1-3-7-14(12)20(22,23)24)9-16(27-19(15)28)13-6-2-4-8-17(13)29/h1-9,11,25,29H,10H2. The number of phenols is 1. The molecule has 0 saturated heterocycles. The Morgan fingerprint density at radius 2 is 1.79 bits per heavy atom. The molecule has 0 aliphatic rings. The maximum absolute atomic E-state index is 13.3. The first-order valence-electron chi connectivity index (χ1n) is 8.66. The lowest BCUT2D eigenvalue weighted by Gasteiger charge is -2.15. The van der Waals surface area contributed by atoms with Crippen molar-refractivity contribution in [3.8, 4) is 17.0 Å². The number of hydrogen-bond acceptors (Lipinski definition) is 4. The summed E-state index contributed by atoms with van der Waals surface area (Å²) < 4.78 is 41.2. The van der Waals surface area contributed by atoms with Gasteiger partial charge in [-0.2, -0.15) is 22.8 Å². The smallest absolute Gasteiger partial charge is 0.416 e. The molecule has 0 spiro atoms. The van der Waals surface area contributed by atoms with Crippen molar-refractivity contribution in [3.63, 3.8) is 0 Å². The molecule has 0 bridgehead atoms. The van der Waals surface area contributed by atoms with Crippen LogP contribution in [0.25, 0.3) is 16.9 Å². The lowest BCUT2D eigenvalue weighted by Crippen LogP contribution is -2.13. The molecule has 144 valence electrons. The monoisotopic (exact) mass is 394 g/mol. The van der Waals surface area contributed by atoms with Crippen molar-refractivity contribution in [1.82, 2.24) is 14.6 Å². The van der Waals surface area contributed by atoms with Crippen LogP contribution in [0.4, 0.5) is 19.0 Å². The highest BCUT2D eigenvalue weighted by Crippen LogP contribution is 2.33. The molecule has 0 unspecified atom stereocenters. The number of halogens is 3. The van der Waals surface area contributed by atoms with Crippen LogP contribution in [0.1, 0.15) is 11.1 Å². The zero-order chi connectivity index (χ0) is 20.6. The number of nitrogens with zero attached hydrogens (tertiary/aromatic N) is 3. The summed E-state index contributed by atoms with van der Waals surface area (Å²) in [5, 5.41) is 17.3. The van der Waals surface area contributed by atoms with Gasteiger partial charge in [-0.25, -0.2) is 4.98 Å². The van der Waals surface area contributed by atoms with Gasteiger partial charge in [0, 0.05) is 24.4 Å². The van der Waals surface area contributed by atoms with Gasteiger partial charge in [0.15, 0.2) is 5.65 Å². The van der Waals surface area contributed by atoms with E-state index in [9.17, 15) is 18.3 Å². The molecule has 4 rings (SSSR count). The van der Waals surface area contributed by atoms with Crippen molar-refractivity contribution in [2.24, 2.45) is 0 Å². The van der Waals surface area contributed by atoms with E-state index in [1.165, 1.54) is 28.9 Å². The average molecular weight is 394 g/mol. The molecule has 0 atom stereocenters. The topological polar surface area (TPSA) is 62.5 Å². The maximum Gasteiger partial charge on any atom is 0.416 e. The molecule has 5 nitrogen and oxygen atoms in total. The number of anilines is 1. The lowest BCUT2D eigenvalue weighted by atomic mass is 10.0. The summed E-state index contributed by atoms with van der Waals surface area (Å²) in [6.45, 7) is -0.0885. The van der Waals surface area contributed by atoms with Gasteiger partial charge in [0.25, 0.3) is 0 Å². The number of rotatable bonds is 4. The first-order chi connectivity index (χ1) is 13.8. The summed E-state index contributed by atoms with van der Waals surface area (Å²) in [4.78, 5) is 4.43. The molecule has 0 fully saturated rings. The minimum Gasteiger partial charge on any atom is -0.507 e. The zero-order valence-electron chi connectivity index (χ0n) is 15.0. The molecule has 4 aromatic rings. The van der Waals surface area contributed by atoms with Gasteiger partial charge >= 0.3 is 6.18 Å². The summed E-state index contributed by atoms with van der Waals surface area (Å²) in [6.07, 6.45) is -3.05. The van der Waals surface area contributed by atoms with Gasteiger partial charge in [0.1, 0.15) is 19.4 Å². The van der Waals surface area contributed by atoms with Gasteiger partial charge in [0.05, 0.1) is 11.3 Å². The fraction of sp³-hybridized carbons (Fsp3) is 0.100. The van der Waals surface area contributed by atoms with E-state index < -0.39 is 11.7 Å². The number of aromatic nitrogens is 3. The van der Waals surface area contributed by atoms with E-state index in [0.717, 1.165) is 6.07 Å². The molecule has 29 heavy (non-hydrogen) atoms. The Bertz CT molecular complexity index is 1190. The largest absolute Gasteiger partial charge is 0.507 e. The SMILES string of the molecule is [B]c1cnn2c(NCc3ccccc3C(F)(F)F)cc(-c3ccccc3O)nc12. The number of benzene rings is 2.